The van der Waals surface area contributed by atoms with Gasteiger partial charge in [0.1, 0.15) is 28.2 Å². The first kappa shape index (κ1) is 25.4. The second-order valence-electron chi connectivity index (χ2n) is 11.2. The summed E-state index contributed by atoms with van der Waals surface area (Å²) >= 11 is 0. The Morgan fingerprint density at radius 1 is 0.422 bits per heavy atom. The molecule has 0 aliphatic carbocycles. The Kier molecular flexibility index (Phi) is 5.81. The maximum absolute atomic E-state index is 6.34. The molecular formula is C40H25N3O2. The molecule has 6 aromatic carbocycles. The number of nitrogens with zero attached hydrogens (tertiary/aromatic N) is 3. The van der Waals surface area contributed by atoms with Gasteiger partial charge in [0.15, 0.2) is 11.6 Å². The second kappa shape index (κ2) is 10.3. The lowest BCUT2D eigenvalue weighted by Gasteiger charge is -2.10. The Labute approximate surface area is 258 Å². The predicted molar refractivity (Wildman–Crippen MR) is 180 cm³/mol. The molecule has 0 aliphatic rings. The number of rotatable bonds is 5. The molecule has 0 fully saturated rings. The second-order valence-corrected chi connectivity index (χ2v) is 11.2. The highest BCUT2D eigenvalue weighted by Crippen LogP contribution is 2.38. The van der Waals surface area contributed by atoms with Crippen LogP contribution in [-0.4, -0.2) is 15.0 Å². The standard InChI is InChI=1S/C40H25N3O2/c1-3-11-25(12-4-1)27-21-22-33-31(23-27)38-30(17-10-20-35(38)45-33)40-42-36(41-39(43-40)26-13-5-2-6-14-26)24-28-15-9-19-34-37(28)29-16-7-8-18-32(29)44-34/h1-23H,24H2. The lowest BCUT2D eigenvalue weighted by molar-refractivity contribution is 0.668. The van der Waals surface area contributed by atoms with E-state index < -0.39 is 0 Å². The van der Waals surface area contributed by atoms with Gasteiger partial charge >= 0.3 is 0 Å². The fourth-order valence-corrected chi connectivity index (χ4v) is 6.32. The molecule has 9 rings (SSSR count). The topological polar surface area (TPSA) is 65.0 Å². The van der Waals surface area contributed by atoms with E-state index in [0.29, 0.717) is 23.9 Å². The molecule has 5 nitrogen and oxygen atoms in total. The van der Waals surface area contributed by atoms with Gasteiger partial charge in [-0.05, 0) is 47.0 Å². The zero-order valence-electron chi connectivity index (χ0n) is 24.1. The maximum Gasteiger partial charge on any atom is 0.164 e. The molecule has 0 atom stereocenters. The van der Waals surface area contributed by atoms with Crippen LogP contribution in [0.5, 0.6) is 0 Å². The van der Waals surface area contributed by atoms with Crippen molar-refractivity contribution >= 4 is 43.9 Å². The highest BCUT2D eigenvalue weighted by Gasteiger charge is 2.19. The molecule has 0 radical (unpaired) electrons. The van der Waals surface area contributed by atoms with Crippen LogP contribution in [0.2, 0.25) is 0 Å². The van der Waals surface area contributed by atoms with E-state index in [0.717, 1.165) is 71.7 Å². The average Bonchev–Trinajstić information content (AvgIpc) is 3.67. The minimum absolute atomic E-state index is 0.524. The first-order chi connectivity index (χ1) is 22.3. The first-order valence-electron chi connectivity index (χ1n) is 15.0. The van der Waals surface area contributed by atoms with Gasteiger partial charge in [-0.25, -0.2) is 15.0 Å². The number of hydrogen-bond acceptors (Lipinski definition) is 5. The Bertz CT molecular complexity index is 2510. The van der Waals surface area contributed by atoms with Crippen molar-refractivity contribution in [2.45, 2.75) is 6.42 Å². The number of para-hydroxylation sites is 1. The van der Waals surface area contributed by atoms with Gasteiger partial charge in [0.2, 0.25) is 0 Å². The number of hydrogen-bond donors (Lipinski definition) is 0. The molecule has 3 aromatic heterocycles. The van der Waals surface area contributed by atoms with Crippen LogP contribution in [-0.2, 0) is 6.42 Å². The van der Waals surface area contributed by atoms with Crippen molar-refractivity contribution in [2.75, 3.05) is 0 Å². The lowest BCUT2D eigenvalue weighted by Crippen LogP contribution is -2.04. The van der Waals surface area contributed by atoms with Crippen molar-refractivity contribution in [1.82, 2.24) is 15.0 Å². The monoisotopic (exact) mass is 579 g/mol. The molecule has 0 saturated carbocycles. The maximum atomic E-state index is 6.34. The third kappa shape index (κ3) is 4.36. The molecule has 0 spiro atoms. The van der Waals surface area contributed by atoms with Crippen LogP contribution in [0.25, 0.3) is 77.8 Å². The van der Waals surface area contributed by atoms with Gasteiger partial charge in [0.05, 0.1) is 0 Å². The minimum atomic E-state index is 0.524. The van der Waals surface area contributed by atoms with Crippen LogP contribution in [0.15, 0.2) is 148 Å². The fraction of sp³-hybridized carbons (Fsp3) is 0.0250. The number of aromatic nitrogens is 3. The molecule has 3 heterocycles. The largest absolute Gasteiger partial charge is 0.456 e. The van der Waals surface area contributed by atoms with Gasteiger partial charge < -0.3 is 8.83 Å². The Morgan fingerprint density at radius 3 is 1.89 bits per heavy atom. The molecule has 212 valence electrons. The van der Waals surface area contributed by atoms with E-state index in [9.17, 15) is 0 Å². The number of furan rings is 2. The van der Waals surface area contributed by atoms with E-state index in [4.69, 9.17) is 23.8 Å². The van der Waals surface area contributed by atoms with Crippen molar-refractivity contribution in [2.24, 2.45) is 0 Å². The molecular weight excluding hydrogens is 554 g/mol. The molecule has 0 unspecified atom stereocenters. The molecule has 45 heavy (non-hydrogen) atoms. The Hall–Kier alpha value is -6.07. The van der Waals surface area contributed by atoms with Crippen LogP contribution in [0, 0.1) is 0 Å². The summed E-state index contributed by atoms with van der Waals surface area (Å²) in [6.07, 6.45) is 0.524. The molecule has 0 amide bonds. The Morgan fingerprint density at radius 2 is 1.07 bits per heavy atom. The summed E-state index contributed by atoms with van der Waals surface area (Å²) in [6.45, 7) is 0. The summed E-state index contributed by atoms with van der Waals surface area (Å²) in [6, 6.07) is 47.2. The summed E-state index contributed by atoms with van der Waals surface area (Å²) in [5.41, 5.74) is 8.58. The third-order valence-corrected chi connectivity index (χ3v) is 8.39. The summed E-state index contributed by atoms with van der Waals surface area (Å²) in [7, 11) is 0. The van der Waals surface area contributed by atoms with Gasteiger partial charge in [0, 0.05) is 39.1 Å². The van der Waals surface area contributed by atoms with Crippen molar-refractivity contribution < 1.29 is 8.83 Å². The SMILES string of the molecule is c1ccc(-c2ccc3oc4cccc(-c5nc(Cc6cccc7oc8ccccc8c67)nc(-c6ccccc6)n5)c4c3c2)cc1. The summed E-state index contributed by atoms with van der Waals surface area (Å²) < 4.78 is 12.5. The van der Waals surface area contributed by atoms with Crippen LogP contribution in [0.4, 0.5) is 0 Å². The van der Waals surface area contributed by atoms with Gasteiger partial charge in [-0.2, -0.15) is 0 Å². The molecule has 5 heteroatoms. The molecule has 0 bridgehead atoms. The van der Waals surface area contributed by atoms with Crippen molar-refractivity contribution in [3.05, 3.63) is 151 Å². The van der Waals surface area contributed by atoms with E-state index in [1.165, 1.54) is 0 Å². The van der Waals surface area contributed by atoms with Gasteiger partial charge in [-0.1, -0.05) is 109 Å². The molecule has 0 aliphatic heterocycles. The van der Waals surface area contributed by atoms with Gasteiger partial charge in [-0.15, -0.1) is 0 Å². The minimum Gasteiger partial charge on any atom is -0.456 e. The van der Waals surface area contributed by atoms with Crippen molar-refractivity contribution in [1.29, 1.82) is 0 Å². The number of benzene rings is 6. The van der Waals surface area contributed by atoms with Crippen LogP contribution in [0.3, 0.4) is 0 Å². The number of fused-ring (bicyclic) bond motifs is 6. The smallest absolute Gasteiger partial charge is 0.164 e. The van der Waals surface area contributed by atoms with E-state index in [-0.39, 0.29) is 0 Å². The molecule has 0 N–H and O–H groups in total. The van der Waals surface area contributed by atoms with Crippen LogP contribution < -0.4 is 0 Å². The lowest BCUT2D eigenvalue weighted by atomic mass is 10.0. The van der Waals surface area contributed by atoms with Gasteiger partial charge in [0.25, 0.3) is 0 Å². The fourth-order valence-electron chi connectivity index (χ4n) is 6.32. The van der Waals surface area contributed by atoms with Gasteiger partial charge in [-0.3, -0.25) is 0 Å². The highest BCUT2D eigenvalue weighted by molar-refractivity contribution is 6.12. The first-order valence-corrected chi connectivity index (χ1v) is 15.0. The third-order valence-electron chi connectivity index (χ3n) is 8.39. The van der Waals surface area contributed by atoms with E-state index in [1.54, 1.807) is 0 Å². The quantitative estimate of drug-likeness (QED) is 0.203. The van der Waals surface area contributed by atoms with Crippen molar-refractivity contribution in [3.63, 3.8) is 0 Å². The van der Waals surface area contributed by atoms with E-state index >= 15 is 0 Å². The summed E-state index contributed by atoms with van der Waals surface area (Å²) in [5.74, 6) is 1.93. The van der Waals surface area contributed by atoms with E-state index in [1.807, 2.05) is 84.9 Å². The average molecular weight is 580 g/mol. The zero-order valence-corrected chi connectivity index (χ0v) is 24.1. The molecule has 0 saturated heterocycles. The zero-order chi connectivity index (χ0) is 29.7. The van der Waals surface area contributed by atoms with Crippen LogP contribution >= 0.6 is 0 Å². The van der Waals surface area contributed by atoms with Crippen LogP contribution in [0.1, 0.15) is 11.4 Å². The molecule has 9 aromatic rings. The van der Waals surface area contributed by atoms with Crippen molar-refractivity contribution in [3.8, 4) is 33.9 Å². The summed E-state index contributed by atoms with van der Waals surface area (Å²) in [5, 5.41) is 4.20. The Balaban J connectivity index is 1.25. The summed E-state index contributed by atoms with van der Waals surface area (Å²) in [4.78, 5) is 15.2. The normalized spacial score (nSPS) is 11.6. The van der Waals surface area contributed by atoms with E-state index in [2.05, 4.69) is 54.6 Å². The highest BCUT2D eigenvalue weighted by atomic mass is 16.3. The predicted octanol–water partition coefficient (Wildman–Crippen LogP) is 10.3.